The number of nitrogens with two attached hydrogens (primary N) is 1. The first-order chi connectivity index (χ1) is 9.51. The van der Waals surface area contributed by atoms with Crippen LogP contribution >= 0.6 is 0 Å². The zero-order valence-corrected chi connectivity index (χ0v) is 12.9. The molecule has 0 atom stereocenters. The van der Waals surface area contributed by atoms with Gasteiger partial charge in [0.05, 0.1) is 5.75 Å². The fourth-order valence-corrected chi connectivity index (χ4v) is 4.42. The van der Waals surface area contributed by atoms with Crippen molar-refractivity contribution in [2.75, 3.05) is 18.8 Å². The molecular formula is C15H24N2O2S. The number of hydrogen-bond acceptors (Lipinski definition) is 3. The molecule has 0 radical (unpaired) electrons. The highest BCUT2D eigenvalue weighted by Gasteiger charge is 2.27. The molecule has 1 aromatic rings. The number of rotatable bonds is 5. The van der Waals surface area contributed by atoms with Crippen LogP contribution in [-0.4, -0.2) is 25.8 Å². The molecule has 112 valence electrons. The Kier molecular flexibility index (Phi) is 5.05. The number of sulfonamides is 1. The standard InChI is InChI=1S/C15H24N2O2S/c1-2-4-13-7-9-17(10-8-13)20(18,19)12-14-5-3-6-15(16)11-14/h3,5-6,11,13H,2,4,7-10,12,16H2,1H3. The van der Waals surface area contributed by atoms with Crippen LogP contribution in [0, 0.1) is 5.92 Å². The second-order valence-electron chi connectivity index (χ2n) is 5.63. The van der Waals surface area contributed by atoms with Gasteiger partial charge >= 0.3 is 0 Å². The van der Waals surface area contributed by atoms with Gasteiger partial charge < -0.3 is 5.73 Å². The van der Waals surface area contributed by atoms with Crippen molar-refractivity contribution in [3.05, 3.63) is 29.8 Å². The van der Waals surface area contributed by atoms with Gasteiger partial charge in [0.25, 0.3) is 0 Å². The number of hydrogen-bond donors (Lipinski definition) is 1. The molecule has 0 aliphatic carbocycles. The van der Waals surface area contributed by atoms with Gasteiger partial charge in [0.1, 0.15) is 0 Å². The third kappa shape index (κ3) is 3.96. The Morgan fingerprint density at radius 1 is 1.30 bits per heavy atom. The van der Waals surface area contributed by atoms with Crippen molar-refractivity contribution in [2.45, 2.75) is 38.4 Å². The molecule has 0 aromatic heterocycles. The third-order valence-electron chi connectivity index (χ3n) is 3.96. The minimum absolute atomic E-state index is 0.0521. The molecule has 2 rings (SSSR count). The van der Waals surface area contributed by atoms with E-state index in [-0.39, 0.29) is 5.75 Å². The zero-order valence-electron chi connectivity index (χ0n) is 12.1. The number of nitrogen functional groups attached to an aromatic ring is 1. The summed E-state index contributed by atoms with van der Waals surface area (Å²) in [7, 11) is -3.21. The lowest BCUT2D eigenvalue weighted by atomic mass is 9.94. The van der Waals surface area contributed by atoms with E-state index in [9.17, 15) is 8.42 Å². The van der Waals surface area contributed by atoms with Crippen molar-refractivity contribution in [1.82, 2.24) is 4.31 Å². The van der Waals surface area contributed by atoms with Gasteiger partial charge in [0.2, 0.25) is 10.0 Å². The number of benzene rings is 1. The fraction of sp³-hybridized carbons (Fsp3) is 0.600. The van der Waals surface area contributed by atoms with Gasteiger partial charge in [0.15, 0.2) is 0 Å². The van der Waals surface area contributed by atoms with Crippen LogP contribution in [-0.2, 0) is 15.8 Å². The number of piperidine rings is 1. The Balaban J connectivity index is 1.98. The summed E-state index contributed by atoms with van der Waals surface area (Å²) in [5, 5.41) is 0. The molecule has 0 saturated carbocycles. The smallest absolute Gasteiger partial charge is 0.218 e. The summed E-state index contributed by atoms with van der Waals surface area (Å²) >= 11 is 0. The molecule has 1 aromatic carbocycles. The summed E-state index contributed by atoms with van der Waals surface area (Å²) < 4.78 is 26.5. The van der Waals surface area contributed by atoms with E-state index in [0.717, 1.165) is 18.4 Å². The van der Waals surface area contributed by atoms with Gasteiger partial charge in [-0.25, -0.2) is 12.7 Å². The van der Waals surface area contributed by atoms with E-state index in [4.69, 9.17) is 5.73 Å². The summed E-state index contributed by atoms with van der Waals surface area (Å²) in [6.07, 6.45) is 4.37. The number of anilines is 1. The van der Waals surface area contributed by atoms with Crippen molar-refractivity contribution in [3.63, 3.8) is 0 Å². The van der Waals surface area contributed by atoms with Crippen LogP contribution in [0.15, 0.2) is 24.3 Å². The van der Waals surface area contributed by atoms with E-state index in [0.29, 0.717) is 24.7 Å². The molecule has 2 N–H and O–H groups in total. The molecule has 5 heteroatoms. The normalized spacial score (nSPS) is 18.2. The van der Waals surface area contributed by atoms with Crippen molar-refractivity contribution in [3.8, 4) is 0 Å². The summed E-state index contributed by atoms with van der Waals surface area (Å²) in [6, 6.07) is 7.12. The molecule has 0 amide bonds. The maximum atomic E-state index is 12.4. The Bertz CT molecular complexity index is 535. The van der Waals surface area contributed by atoms with Gasteiger partial charge in [-0.1, -0.05) is 31.9 Å². The Morgan fingerprint density at radius 2 is 2.00 bits per heavy atom. The van der Waals surface area contributed by atoms with E-state index in [1.165, 1.54) is 12.8 Å². The van der Waals surface area contributed by atoms with E-state index in [1.54, 1.807) is 22.5 Å². The highest BCUT2D eigenvalue weighted by atomic mass is 32.2. The molecule has 20 heavy (non-hydrogen) atoms. The van der Waals surface area contributed by atoms with Crippen LogP contribution in [0.3, 0.4) is 0 Å². The minimum atomic E-state index is -3.21. The lowest BCUT2D eigenvalue weighted by Crippen LogP contribution is -2.39. The molecule has 0 unspecified atom stereocenters. The van der Waals surface area contributed by atoms with Gasteiger partial charge in [-0.15, -0.1) is 0 Å². The summed E-state index contributed by atoms with van der Waals surface area (Å²) in [4.78, 5) is 0. The first-order valence-electron chi connectivity index (χ1n) is 7.33. The second-order valence-corrected chi connectivity index (χ2v) is 7.60. The van der Waals surface area contributed by atoms with Crippen LogP contribution in [0.25, 0.3) is 0 Å². The first-order valence-corrected chi connectivity index (χ1v) is 8.94. The van der Waals surface area contributed by atoms with Crippen LogP contribution in [0.4, 0.5) is 5.69 Å². The topological polar surface area (TPSA) is 63.4 Å². The van der Waals surface area contributed by atoms with E-state index >= 15 is 0 Å². The predicted molar refractivity (Wildman–Crippen MR) is 82.7 cm³/mol. The van der Waals surface area contributed by atoms with Crippen molar-refractivity contribution in [1.29, 1.82) is 0 Å². The Labute approximate surface area is 122 Å². The summed E-state index contributed by atoms with van der Waals surface area (Å²) in [5.41, 5.74) is 7.07. The van der Waals surface area contributed by atoms with E-state index in [2.05, 4.69) is 6.92 Å². The second kappa shape index (κ2) is 6.59. The molecule has 4 nitrogen and oxygen atoms in total. The van der Waals surface area contributed by atoms with Crippen molar-refractivity contribution >= 4 is 15.7 Å². The average Bonchev–Trinajstić information content (AvgIpc) is 2.39. The minimum Gasteiger partial charge on any atom is -0.399 e. The van der Waals surface area contributed by atoms with Gasteiger partial charge in [-0.2, -0.15) is 0 Å². The third-order valence-corrected chi connectivity index (χ3v) is 5.81. The zero-order chi connectivity index (χ0) is 14.6. The lowest BCUT2D eigenvalue weighted by molar-refractivity contribution is 0.262. The average molecular weight is 296 g/mol. The predicted octanol–water partition coefficient (Wildman–Crippen LogP) is 2.61. The molecule has 1 aliphatic heterocycles. The fourth-order valence-electron chi connectivity index (χ4n) is 2.87. The van der Waals surface area contributed by atoms with Crippen LogP contribution < -0.4 is 5.73 Å². The van der Waals surface area contributed by atoms with E-state index < -0.39 is 10.0 Å². The van der Waals surface area contributed by atoms with Crippen molar-refractivity contribution < 1.29 is 8.42 Å². The van der Waals surface area contributed by atoms with Gasteiger partial charge in [-0.3, -0.25) is 0 Å². The maximum Gasteiger partial charge on any atom is 0.218 e. The molecule has 1 fully saturated rings. The van der Waals surface area contributed by atoms with Crippen LogP contribution in [0.2, 0.25) is 0 Å². The molecular weight excluding hydrogens is 272 g/mol. The molecule has 0 spiro atoms. The van der Waals surface area contributed by atoms with Crippen molar-refractivity contribution in [2.24, 2.45) is 5.92 Å². The summed E-state index contributed by atoms with van der Waals surface area (Å²) in [6.45, 7) is 3.51. The molecule has 1 aliphatic rings. The first kappa shape index (κ1) is 15.3. The Morgan fingerprint density at radius 3 is 2.60 bits per heavy atom. The molecule has 1 saturated heterocycles. The highest BCUT2D eigenvalue weighted by Crippen LogP contribution is 2.24. The maximum absolute atomic E-state index is 12.4. The largest absolute Gasteiger partial charge is 0.399 e. The SMILES string of the molecule is CCCC1CCN(S(=O)(=O)Cc2cccc(N)c2)CC1. The quantitative estimate of drug-likeness (QED) is 0.850. The molecule has 0 bridgehead atoms. The lowest BCUT2D eigenvalue weighted by Gasteiger charge is -2.31. The van der Waals surface area contributed by atoms with Crippen LogP contribution in [0.5, 0.6) is 0 Å². The highest BCUT2D eigenvalue weighted by molar-refractivity contribution is 7.88. The van der Waals surface area contributed by atoms with E-state index in [1.807, 2.05) is 6.07 Å². The van der Waals surface area contributed by atoms with Gasteiger partial charge in [-0.05, 0) is 36.5 Å². The Hall–Kier alpha value is -1.07. The monoisotopic (exact) mass is 296 g/mol. The summed E-state index contributed by atoms with van der Waals surface area (Å²) in [5.74, 6) is 0.745. The van der Waals surface area contributed by atoms with Crippen LogP contribution in [0.1, 0.15) is 38.2 Å². The molecule has 1 heterocycles. The number of nitrogens with zero attached hydrogens (tertiary/aromatic N) is 1. The van der Waals surface area contributed by atoms with Gasteiger partial charge in [0, 0.05) is 18.8 Å².